The molecule has 6 nitrogen and oxygen atoms in total. The number of pyridine rings is 1. The van der Waals surface area contributed by atoms with Gasteiger partial charge >= 0.3 is 0 Å². The second-order valence-electron chi connectivity index (χ2n) is 7.45. The topological polar surface area (TPSA) is 91.3 Å². The zero-order valence-corrected chi connectivity index (χ0v) is 16.5. The van der Waals surface area contributed by atoms with Gasteiger partial charge in [0.15, 0.2) is 0 Å². The molecule has 3 N–H and O–H groups in total. The monoisotopic (exact) mass is 393 g/mol. The van der Waals surface area contributed by atoms with Gasteiger partial charge < -0.3 is 15.7 Å². The van der Waals surface area contributed by atoms with Crippen molar-refractivity contribution in [3.05, 3.63) is 60.3 Å². The van der Waals surface area contributed by atoms with Crippen LogP contribution in [-0.2, 0) is 4.79 Å². The quantitative estimate of drug-likeness (QED) is 0.513. The molecule has 2 bridgehead atoms. The van der Waals surface area contributed by atoms with Crippen LogP contribution in [0.1, 0.15) is 29.6 Å². The van der Waals surface area contributed by atoms with E-state index in [0.29, 0.717) is 5.56 Å². The summed E-state index contributed by atoms with van der Waals surface area (Å²) < 4.78 is 0. The number of amides is 1. The van der Waals surface area contributed by atoms with Gasteiger partial charge in [0.25, 0.3) is 12.4 Å². The highest BCUT2D eigenvalue weighted by molar-refractivity contribution is 5.95. The molecule has 1 heterocycles. The van der Waals surface area contributed by atoms with Gasteiger partial charge in [0.2, 0.25) is 0 Å². The Morgan fingerprint density at radius 1 is 1.21 bits per heavy atom. The van der Waals surface area contributed by atoms with Crippen molar-refractivity contribution in [1.29, 1.82) is 0 Å². The predicted molar refractivity (Wildman–Crippen MR) is 114 cm³/mol. The molecule has 1 aromatic heterocycles. The van der Waals surface area contributed by atoms with E-state index in [0.717, 1.165) is 47.7 Å². The number of fused-ring (bicyclic) bond motifs is 2. The fourth-order valence-corrected chi connectivity index (χ4v) is 4.25. The van der Waals surface area contributed by atoms with Crippen LogP contribution in [0.3, 0.4) is 0 Å². The molecular formula is C23H27N3O3. The molecule has 1 amide bonds. The molecule has 2 aliphatic carbocycles. The van der Waals surface area contributed by atoms with Gasteiger partial charge in [0.05, 0.1) is 0 Å². The third kappa shape index (κ3) is 5.22. The number of aromatic nitrogens is 1. The summed E-state index contributed by atoms with van der Waals surface area (Å²) in [4.78, 5) is 25.2. The minimum Gasteiger partial charge on any atom is -0.483 e. The summed E-state index contributed by atoms with van der Waals surface area (Å²) in [6, 6.07) is 11.7. The first-order valence-corrected chi connectivity index (χ1v) is 9.93. The van der Waals surface area contributed by atoms with E-state index in [4.69, 9.17) is 9.90 Å². The van der Waals surface area contributed by atoms with Gasteiger partial charge in [-0.05, 0) is 66.8 Å². The van der Waals surface area contributed by atoms with E-state index in [2.05, 4.69) is 27.8 Å². The van der Waals surface area contributed by atoms with Crippen molar-refractivity contribution in [1.82, 2.24) is 10.3 Å². The van der Waals surface area contributed by atoms with Gasteiger partial charge in [-0.3, -0.25) is 9.59 Å². The Kier molecular flexibility index (Phi) is 7.00. The molecule has 152 valence electrons. The van der Waals surface area contributed by atoms with Crippen molar-refractivity contribution in [3.63, 3.8) is 0 Å². The number of nitrogens with one attached hydrogen (secondary N) is 2. The first-order valence-electron chi connectivity index (χ1n) is 9.93. The number of nitrogens with zero attached hydrogens (tertiary/aromatic N) is 1. The Morgan fingerprint density at radius 2 is 2.03 bits per heavy atom. The van der Waals surface area contributed by atoms with Crippen LogP contribution in [0.25, 0.3) is 11.1 Å². The fraction of sp³-hybridized carbons (Fsp3) is 0.348. The van der Waals surface area contributed by atoms with Gasteiger partial charge in [-0.2, -0.15) is 0 Å². The Bertz CT molecular complexity index is 864. The van der Waals surface area contributed by atoms with E-state index in [9.17, 15) is 4.79 Å². The van der Waals surface area contributed by atoms with Gasteiger partial charge in [0.1, 0.15) is 5.82 Å². The lowest BCUT2D eigenvalue weighted by Gasteiger charge is -2.18. The molecule has 4 rings (SSSR count). The number of carbonyl (C=O) groups is 2. The van der Waals surface area contributed by atoms with E-state index in [1.807, 2.05) is 49.6 Å². The third-order valence-corrected chi connectivity index (χ3v) is 5.69. The molecule has 0 unspecified atom stereocenters. The van der Waals surface area contributed by atoms with Crippen LogP contribution in [0, 0.1) is 17.8 Å². The number of rotatable bonds is 6. The number of carbonyl (C=O) groups excluding carboxylic acids is 1. The zero-order chi connectivity index (χ0) is 20.6. The van der Waals surface area contributed by atoms with Crippen molar-refractivity contribution in [2.24, 2.45) is 17.8 Å². The number of hydrogen-bond donors (Lipinski definition) is 3. The molecule has 6 heteroatoms. The van der Waals surface area contributed by atoms with Crippen LogP contribution < -0.4 is 10.6 Å². The number of carboxylic acid groups (broad SMARTS) is 1. The second kappa shape index (κ2) is 9.87. The van der Waals surface area contributed by atoms with E-state index >= 15 is 0 Å². The summed E-state index contributed by atoms with van der Waals surface area (Å²) in [5.41, 5.74) is 2.71. The zero-order valence-electron chi connectivity index (χ0n) is 16.5. The lowest BCUT2D eigenvalue weighted by atomic mass is 9.90. The maximum Gasteiger partial charge on any atom is 0.290 e. The normalized spacial score (nSPS) is 21.2. The van der Waals surface area contributed by atoms with Crippen molar-refractivity contribution < 1.29 is 14.7 Å². The third-order valence-electron chi connectivity index (χ3n) is 5.69. The number of hydrogen-bond acceptors (Lipinski definition) is 4. The molecule has 1 saturated carbocycles. The van der Waals surface area contributed by atoms with Crippen molar-refractivity contribution >= 4 is 18.2 Å². The molecule has 3 atom stereocenters. The largest absolute Gasteiger partial charge is 0.483 e. The molecule has 0 aliphatic heterocycles. The highest BCUT2D eigenvalue weighted by Gasteiger charge is 2.34. The first kappa shape index (κ1) is 20.6. The van der Waals surface area contributed by atoms with Crippen molar-refractivity contribution in [3.8, 4) is 11.1 Å². The molecule has 1 fully saturated rings. The first-order chi connectivity index (χ1) is 14.1. The molecule has 0 spiro atoms. The smallest absolute Gasteiger partial charge is 0.290 e. The summed E-state index contributed by atoms with van der Waals surface area (Å²) in [7, 11) is 1.85. The maximum absolute atomic E-state index is 12.5. The molecule has 0 saturated heterocycles. The average Bonchev–Trinajstić information content (AvgIpc) is 3.38. The average molecular weight is 393 g/mol. The minimum absolute atomic E-state index is 0.00496. The lowest BCUT2D eigenvalue weighted by Crippen LogP contribution is -2.26. The fourth-order valence-electron chi connectivity index (χ4n) is 4.25. The van der Waals surface area contributed by atoms with Crippen LogP contribution in [0.4, 0.5) is 5.82 Å². The highest BCUT2D eigenvalue weighted by atomic mass is 16.3. The highest BCUT2D eigenvalue weighted by Crippen LogP contribution is 2.44. The van der Waals surface area contributed by atoms with Crippen molar-refractivity contribution in [2.75, 3.05) is 18.9 Å². The van der Waals surface area contributed by atoms with Crippen molar-refractivity contribution in [2.45, 2.75) is 19.3 Å². The van der Waals surface area contributed by atoms with E-state index in [-0.39, 0.29) is 12.4 Å². The van der Waals surface area contributed by atoms with E-state index in [1.165, 1.54) is 12.8 Å². The summed E-state index contributed by atoms with van der Waals surface area (Å²) in [6.45, 7) is 0.503. The lowest BCUT2D eigenvalue weighted by molar-refractivity contribution is -0.122. The number of allylic oxidation sites excluding steroid dienone is 2. The van der Waals surface area contributed by atoms with Gasteiger partial charge in [-0.1, -0.05) is 24.3 Å². The minimum atomic E-state index is -0.250. The van der Waals surface area contributed by atoms with E-state index < -0.39 is 0 Å². The molecular weight excluding hydrogens is 366 g/mol. The van der Waals surface area contributed by atoms with Crippen LogP contribution in [0.5, 0.6) is 0 Å². The SMILES string of the molecule is CNc1ccc(-c2cccc(C(=O)NCC[C@@H]3C[C@@H]4C=C[C@H]3C4)c2)cn1.O=CO. The van der Waals surface area contributed by atoms with Gasteiger partial charge in [-0.25, -0.2) is 4.98 Å². The number of benzene rings is 1. The summed E-state index contributed by atoms with van der Waals surface area (Å²) in [5, 5.41) is 13.0. The van der Waals surface area contributed by atoms with Gasteiger partial charge in [0, 0.05) is 30.9 Å². The second-order valence-corrected chi connectivity index (χ2v) is 7.45. The molecule has 29 heavy (non-hydrogen) atoms. The maximum atomic E-state index is 12.5. The van der Waals surface area contributed by atoms with Gasteiger partial charge in [-0.15, -0.1) is 0 Å². The van der Waals surface area contributed by atoms with Crippen LogP contribution in [0.15, 0.2) is 54.7 Å². The Morgan fingerprint density at radius 3 is 2.66 bits per heavy atom. The molecule has 0 radical (unpaired) electrons. The standard InChI is InChI=1S/C22H25N3O.CH2O2/c1-23-21-8-7-20(14-25-21)16-3-2-4-19(13-16)22(26)24-10-9-18-12-15-5-6-17(18)11-15;2-1-3/h2-8,13-15,17-18H,9-12H2,1H3,(H,23,25)(H,24,26);1H,(H,2,3)/t15-,17+,18-;/m1./s1. The molecule has 2 aromatic rings. The predicted octanol–water partition coefficient (Wildman–Crippen LogP) is 3.82. The summed E-state index contributed by atoms with van der Waals surface area (Å²) in [6.07, 6.45) is 10.3. The Hall–Kier alpha value is -3.15. The summed E-state index contributed by atoms with van der Waals surface area (Å²) in [5.74, 6) is 3.12. The van der Waals surface area contributed by atoms with Crippen LogP contribution >= 0.6 is 0 Å². The van der Waals surface area contributed by atoms with Crippen LogP contribution in [-0.4, -0.2) is 36.1 Å². The Balaban J connectivity index is 0.000000755. The number of anilines is 1. The Labute approximate surface area is 171 Å². The van der Waals surface area contributed by atoms with E-state index in [1.54, 1.807) is 0 Å². The van der Waals surface area contributed by atoms with Crippen LogP contribution in [0.2, 0.25) is 0 Å². The molecule has 1 aromatic carbocycles. The molecule has 2 aliphatic rings. The summed E-state index contributed by atoms with van der Waals surface area (Å²) >= 11 is 0.